The van der Waals surface area contributed by atoms with Crippen molar-refractivity contribution in [2.45, 2.75) is 44.7 Å². The highest BCUT2D eigenvalue weighted by Gasteiger charge is 2.36. The van der Waals surface area contributed by atoms with Gasteiger partial charge in [-0.05, 0) is 68.5 Å². The van der Waals surface area contributed by atoms with Gasteiger partial charge in [0.2, 0.25) is 0 Å². The summed E-state index contributed by atoms with van der Waals surface area (Å²) in [7, 11) is 3.80. The average molecular weight is 542 g/mol. The molecule has 2 unspecified atom stereocenters. The minimum absolute atomic E-state index is 0.0181. The van der Waals surface area contributed by atoms with Crippen LogP contribution in [0.1, 0.15) is 40.7 Å². The van der Waals surface area contributed by atoms with E-state index in [1.807, 2.05) is 53.9 Å². The Morgan fingerprint density at radius 1 is 0.971 bits per heavy atom. The summed E-state index contributed by atoms with van der Waals surface area (Å²) in [4.78, 5) is 34.5. The van der Waals surface area contributed by atoms with Crippen LogP contribution in [0.25, 0.3) is 0 Å². The predicted octanol–water partition coefficient (Wildman–Crippen LogP) is 4.66. The molecule has 3 amide bonds. The Morgan fingerprint density at radius 2 is 1.69 bits per heavy atom. The number of hydrogen-bond acceptors (Lipinski definition) is 3. The van der Waals surface area contributed by atoms with Crippen molar-refractivity contribution < 1.29 is 9.59 Å². The van der Waals surface area contributed by atoms with E-state index in [2.05, 4.69) is 51.2 Å². The third-order valence-electron chi connectivity index (χ3n) is 7.60. The van der Waals surface area contributed by atoms with Crippen LogP contribution in [0.4, 0.5) is 4.79 Å². The Bertz CT molecular complexity index is 1030. The van der Waals surface area contributed by atoms with Crippen LogP contribution in [0.5, 0.6) is 0 Å². The van der Waals surface area contributed by atoms with E-state index < -0.39 is 0 Å². The molecule has 2 saturated heterocycles. The van der Waals surface area contributed by atoms with Crippen LogP contribution in [-0.2, 0) is 6.42 Å². The Morgan fingerprint density at radius 3 is 2.43 bits per heavy atom. The summed E-state index contributed by atoms with van der Waals surface area (Å²) >= 11 is 3.46. The molecule has 7 heteroatoms. The van der Waals surface area contributed by atoms with Gasteiger partial charge in [0.25, 0.3) is 5.91 Å². The highest BCUT2D eigenvalue weighted by molar-refractivity contribution is 9.10. The van der Waals surface area contributed by atoms with Gasteiger partial charge < -0.3 is 19.6 Å². The molecule has 6 nitrogen and oxygen atoms in total. The van der Waals surface area contributed by atoms with Crippen LogP contribution < -0.4 is 0 Å². The Labute approximate surface area is 218 Å². The second kappa shape index (κ2) is 11.6. The van der Waals surface area contributed by atoms with Gasteiger partial charge in [0.1, 0.15) is 0 Å². The van der Waals surface area contributed by atoms with Gasteiger partial charge in [0.15, 0.2) is 0 Å². The molecule has 2 aliphatic heterocycles. The lowest BCUT2D eigenvalue weighted by Crippen LogP contribution is -2.47. The molecule has 0 aromatic heterocycles. The van der Waals surface area contributed by atoms with E-state index in [4.69, 9.17) is 0 Å². The minimum Gasteiger partial charge on any atom is -0.337 e. The van der Waals surface area contributed by atoms with Crippen molar-refractivity contribution in [3.05, 3.63) is 69.7 Å². The van der Waals surface area contributed by atoms with Crippen molar-refractivity contribution in [2.24, 2.45) is 0 Å². The standard InChI is InChI=1S/C28H37BrN4O2/c1-21-18-23(29)11-12-26(21)27(34)30(2)25-14-17-33(20-25)28(35)31(3)24-13-16-32(19-24)15-7-10-22-8-5-4-6-9-22/h4-6,8-9,11-12,18,24-25H,7,10,13-17,19-20H2,1-3H3. The number of likely N-dealkylation sites (tertiary alicyclic amines) is 2. The maximum Gasteiger partial charge on any atom is 0.320 e. The fourth-order valence-electron chi connectivity index (χ4n) is 5.32. The molecule has 35 heavy (non-hydrogen) atoms. The number of rotatable bonds is 7. The van der Waals surface area contributed by atoms with E-state index in [1.165, 1.54) is 5.56 Å². The number of urea groups is 1. The number of nitrogens with zero attached hydrogens (tertiary/aromatic N) is 4. The van der Waals surface area contributed by atoms with Crippen molar-refractivity contribution in [2.75, 3.05) is 46.8 Å². The highest BCUT2D eigenvalue weighted by Crippen LogP contribution is 2.23. The molecule has 2 heterocycles. The van der Waals surface area contributed by atoms with Crippen LogP contribution in [0, 0.1) is 6.92 Å². The second-order valence-corrected chi connectivity index (χ2v) is 10.9. The number of halogens is 1. The molecule has 0 saturated carbocycles. The minimum atomic E-state index is 0.0181. The predicted molar refractivity (Wildman–Crippen MR) is 144 cm³/mol. The maximum absolute atomic E-state index is 13.3. The van der Waals surface area contributed by atoms with Crippen molar-refractivity contribution in [1.82, 2.24) is 19.6 Å². The highest BCUT2D eigenvalue weighted by atomic mass is 79.9. The average Bonchev–Trinajstić information content (AvgIpc) is 3.53. The van der Waals surface area contributed by atoms with E-state index >= 15 is 0 Å². The van der Waals surface area contributed by atoms with Crippen molar-refractivity contribution in [1.29, 1.82) is 0 Å². The largest absolute Gasteiger partial charge is 0.337 e. The first-order valence-electron chi connectivity index (χ1n) is 12.6. The zero-order chi connectivity index (χ0) is 24.9. The van der Waals surface area contributed by atoms with Crippen LogP contribution in [0.3, 0.4) is 0 Å². The molecule has 0 spiro atoms. The van der Waals surface area contributed by atoms with Gasteiger partial charge in [-0.3, -0.25) is 4.79 Å². The normalized spacial score (nSPS) is 20.3. The monoisotopic (exact) mass is 540 g/mol. The lowest BCUT2D eigenvalue weighted by Gasteiger charge is -2.30. The topological polar surface area (TPSA) is 47.1 Å². The smallest absolute Gasteiger partial charge is 0.320 e. The summed E-state index contributed by atoms with van der Waals surface area (Å²) in [5.74, 6) is 0.0181. The fourth-order valence-corrected chi connectivity index (χ4v) is 5.79. The van der Waals surface area contributed by atoms with Crippen molar-refractivity contribution in [3.63, 3.8) is 0 Å². The summed E-state index contributed by atoms with van der Waals surface area (Å²) in [6.45, 7) is 6.30. The molecule has 0 bridgehead atoms. The number of hydrogen-bond donors (Lipinski definition) is 0. The van der Waals surface area contributed by atoms with Crippen LogP contribution >= 0.6 is 15.9 Å². The summed E-state index contributed by atoms with van der Waals surface area (Å²) in [6, 6.07) is 16.8. The SMILES string of the molecule is Cc1cc(Br)ccc1C(=O)N(C)C1CCN(C(=O)N(C)C2CCN(CCCc3ccccc3)C2)C1. The second-order valence-electron chi connectivity index (χ2n) is 9.99. The lowest BCUT2D eigenvalue weighted by molar-refractivity contribution is 0.0733. The number of carbonyl (C=O) groups is 2. The summed E-state index contributed by atoms with van der Waals surface area (Å²) in [5, 5.41) is 0. The van der Waals surface area contributed by atoms with Gasteiger partial charge in [-0.15, -0.1) is 0 Å². The van der Waals surface area contributed by atoms with Gasteiger partial charge in [-0.25, -0.2) is 4.79 Å². The molecule has 4 rings (SSSR count). The zero-order valence-electron chi connectivity index (χ0n) is 21.1. The zero-order valence-corrected chi connectivity index (χ0v) is 22.7. The number of aryl methyl sites for hydroxylation is 2. The number of likely N-dealkylation sites (N-methyl/N-ethyl adjacent to an activating group) is 2. The molecule has 2 fully saturated rings. The third kappa shape index (κ3) is 6.25. The van der Waals surface area contributed by atoms with Crippen LogP contribution in [0.2, 0.25) is 0 Å². The van der Waals surface area contributed by atoms with Gasteiger partial charge in [-0.2, -0.15) is 0 Å². The Hall–Kier alpha value is -2.38. The first kappa shape index (κ1) is 25.7. The first-order chi connectivity index (χ1) is 16.8. The van der Waals surface area contributed by atoms with E-state index in [9.17, 15) is 9.59 Å². The number of carbonyl (C=O) groups excluding carboxylic acids is 2. The fraction of sp³-hybridized carbons (Fsp3) is 0.500. The maximum atomic E-state index is 13.3. The van der Waals surface area contributed by atoms with E-state index in [0.29, 0.717) is 13.1 Å². The first-order valence-corrected chi connectivity index (χ1v) is 13.4. The van der Waals surface area contributed by atoms with Gasteiger partial charge in [0.05, 0.1) is 6.04 Å². The third-order valence-corrected chi connectivity index (χ3v) is 8.09. The Balaban J connectivity index is 1.25. The molecule has 2 aromatic rings. The van der Waals surface area contributed by atoms with E-state index in [1.54, 1.807) is 0 Å². The van der Waals surface area contributed by atoms with Gasteiger partial charge in [-0.1, -0.05) is 46.3 Å². The van der Waals surface area contributed by atoms with Crippen molar-refractivity contribution >= 4 is 27.9 Å². The molecular weight excluding hydrogens is 504 g/mol. The van der Waals surface area contributed by atoms with Crippen molar-refractivity contribution in [3.8, 4) is 0 Å². The number of benzene rings is 2. The van der Waals surface area contributed by atoms with Crippen LogP contribution in [-0.4, -0.2) is 90.4 Å². The van der Waals surface area contributed by atoms with Gasteiger partial charge >= 0.3 is 6.03 Å². The van der Waals surface area contributed by atoms with Gasteiger partial charge in [0, 0.05) is 56.4 Å². The molecule has 0 aliphatic carbocycles. The molecule has 188 valence electrons. The molecule has 0 N–H and O–H groups in total. The van der Waals surface area contributed by atoms with E-state index in [0.717, 1.165) is 60.9 Å². The molecule has 2 aliphatic rings. The lowest BCUT2D eigenvalue weighted by atomic mass is 10.1. The van der Waals surface area contributed by atoms with Crippen LogP contribution in [0.15, 0.2) is 53.0 Å². The summed E-state index contributed by atoms with van der Waals surface area (Å²) in [6.07, 6.45) is 4.07. The molecule has 2 atom stereocenters. The Kier molecular flexibility index (Phi) is 8.50. The summed E-state index contributed by atoms with van der Waals surface area (Å²) < 4.78 is 0.969. The van der Waals surface area contributed by atoms with E-state index in [-0.39, 0.29) is 24.0 Å². The quantitative estimate of drug-likeness (QED) is 0.513. The molecule has 2 aromatic carbocycles. The molecular formula is C28H37BrN4O2. The molecule has 0 radical (unpaired) electrons. The summed E-state index contributed by atoms with van der Waals surface area (Å²) in [5.41, 5.74) is 3.06. The number of amides is 3.